The first-order valence-corrected chi connectivity index (χ1v) is 7.24. The number of nitrogen functional groups attached to an aromatic ring is 1. The molecule has 0 radical (unpaired) electrons. The van der Waals surface area contributed by atoms with Crippen molar-refractivity contribution in [1.29, 1.82) is 0 Å². The molecule has 6 nitrogen and oxygen atoms in total. The molecule has 0 aliphatic heterocycles. The van der Waals surface area contributed by atoms with Crippen LogP contribution in [0.4, 0.5) is 16.2 Å². The number of amides is 1. The van der Waals surface area contributed by atoms with Crippen molar-refractivity contribution in [2.45, 2.75) is 26.4 Å². The smallest absolute Gasteiger partial charge is 0.414 e. The summed E-state index contributed by atoms with van der Waals surface area (Å²) < 4.78 is 11.0. The number of hydrogen-bond acceptors (Lipinski definition) is 5. The zero-order valence-corrected chi connectivity index (χ0v) is 14.3. The average molecular weight is 309 g/mol. The van der Waals surface area contributed by atoms with E-state index in [9.17, 15) is 4.79 Å². The summed E-state index contributed by atoms with van der Waals surface area (Å²) in [5.74, 6) is 0.668. The van der Waals surface area contributed by atoms with E-state index < -0.39 is 11.7 Å². The third kappa shape index (κ3) is 5.81. The summed E-state index contributed by atoms with van der Waals surface area (Å²) in [6.07, 6.45) is -0.454. The van der Waals surface area contributed by atoms with E-state index >= 15 is 0 Å². The van der Waals surface area contributed by atoms with Gasteiger partial charge in [-0.2, -0.15) is 0 Å². The van der Waals surface area contributed by atoms with Crippen LogP contribution in [-0.2, 0) is 4.74 Å². The summed E-state index contributed by atoms with van der Waals surface area (Å²) in [6.45, 7) is 6.84. The lowest BCUT2D eigenvalue weighted by molar-refractivity contribution is 0.0589. The highest BCUT2D eigenvalue weighted by atomic mass is 16.6. The Morgan fingerprint density at radius 1 is 1.23 bits per heavy atom. The molecule has 0 saturated heterocycles. The number of likely N-dealkylation sites (N-methyl/N-ethyl adjacent to an activating group) is 1. The normalized spacial score (nSPS) is 11.4. The second-order valence-electron chi connectivity index (χ2n) is 6.41. The van der Waals surface area contributed by atoms with E-state index in [2.05, 4.69) is 0 Å². The quantitative estimate of drug-likeness (QED) is 0.847. The van der Waals surface area contributed by atoms with Crippen LogP contribution < -0.4 is 15.4 Å². The maximum atomic E-state index is 12.1. The fraction of sp³-hybridized carbons (Fsp3) is 0.562. The number of hydrogen-bond donors (Lipinski definition) is 1. The Balaban J connectivity index is 2.82. The van der Waals surface area contributed by atoms with Crippen molar-refractivity contribution in [3.63, 3.8) is 0 Å². The molecule has 1 aromatic carbocycles. The molecule has 0 spiro atoms. The third-order valence-electron chi connectivity index (χ3n) is 2.84. The Bertz CT molecular complexity index is 510. The van der Waals surface area contributed by atoms with E-state index in [0.29, 0.717) is 23.7 Å². The van der Waals surface area contributed by atoms with Crippen LogP contribution in [0.3, 0.4) is 0 Å². The summed E-state index contributed by atoms with van der Waals surface area (Å²) in [4.78, 5) is 15.5. The molecule has 0 heterocycles. The Morgan fingerprint density at radius 3 is 2.41 bits per heavy atom. The summed E-state index contributed by atoms with van der Waals surface area (Å²) in [7, 11) is 5.59. The van der Waals surface area contributed by atoms with Crippen LogP contribution >= 0.6 is 0 Å². The van der Waals surface area contributed by atoms with E-state index in [1.165, 1.54) is 4.90 Å². The van der Waals surface area contributed by atoms with Crippen LogP contribution in [0.5, 0.6) is 5.75 Å². The number of carbonyl (C=O) groups is 1. The molecule has 0 saturated carbocycles. The van der Waals surface area contributed by atoms with Crippen LogP contribution in [0.15, 0.2) is 18.2 Å². The lowest BCUT2D eigenvalue weighted by atomic mass is 10.2. The molecular weight excluding hydrogens is 282 g/mol. The highest BCUT2D eigenvalue weighted by Crippen LogP contribution is 2.28. The topological polar surface area (TPSA) is 68.0 Å². The zero-order valence-electron chi connectivity index (χ0n) is 14.3. The second kappa shape index (κ2) is 7.35. The zero-order chi connectivity index (χ0) is 16.9. The largest absolute Gasteiger partial charge is 0.492 e. The predicted molar refractivity (Wildman–Crippen MR) is 89.5 cm³/mol. The highest BCUT2D eigenvalue weighted by Gasteiger charge is 2.22. The first kappa shape index (κ1) is 18.1. The van der Waals surface area contributed by atoms with Gasteiger partial charge in [0.15, 0.2) is 0 Å². The maximum Gasteiger partial charge on any atom is 0.414 e. The number of ether oxygens (including phenoxy) is 2. The first-order chi connectivity index (χ1) is 10.1. The molecule has 1 amide bonds. The maximum absolute atomic E-state index is 12.1. The van der Waals surface area contributed by atoms with Crippen molar-refractivity contribution in [3.05, 3.63) is 18.2 Å². The van der Waals surface area contributed by atoms with Crippen LogP contribution in [0, 0.1) is 0 Å². The van der Waals surface area contributed by atoms with Gasteiger partial charge in [0.2, 0.25) is 0 Å². The number of nitrogens with two attached hydrogens (primary N) is 1. The van der Waals surface area contributed by atoms with Crippen LogP contribution in [0.1, 0.15) is 20.8 Å². The van der Waals surface area contributed by atoms with Crippen molar-refractivity contribution in [2.75, 3.05) is 44.9 Å². The Hall–Kier alpha value is -1.95. The minimum atomic E-state index is -0.556. The molecule has 6 heteroatoms. The van der Waals surface area contributed by atoms with Gasteiger partial charge < -0.3 is 20.1 Å². The van der Waals surface area contributed by atoms with Gasteiger partial charge in [-0.25, -0.2) is 4.79 Å². The van der Waals surface area contributed by atoms with Crippen LogP contribution in [0.25, 0.3) is 0 Å². The van der Waals surface area contributed by atoms with E-state index in [-0.39, 0.29) is 0 Å². The van der Waals surface area contributed by atoms with Gasteiger partial charge in [0, 0.05) is 19.7 Å². The number of nitrogens with zero attached hydrogens (tertiary/aromatic N) is 2. The Kier molecular flexibility index (Phi) is 6.05. The highest BCUT2D eigenvalue weighted by molar-refractivity contribution is 5.91. The van der Waals surface area contributed by atoms with Gasteiger partial charge in [-0.05, 0) is 47.0 Å². The van der Waals surface area contributed by atoms with Gasteiger partial charge in [-0.15, -0.1) is 0 Å². The minimum Gasteiger partial charge on any atom is -0.492 e. The molecule has 22 heavy (non-hydrogen) atoms. The summed E-state index contributed by atoms with van der Waals surface area (Å²) in [5, 5.41) is 0. The molecule has 0 unspecified atom stereocenters. The van der Waals surface area contributed by atoms with Crippen molar-refractivity contribution < 1.29 is 14.3 Å². The van der Waals surface area contributed by atoms with Gasteiger partial charge in [-0.3, -0.25) is 4.90 Å². The average Bonchev–Trinajstić information content (AvgIpc) is 2.37. The minimum absolute atomic E-state index is 0.454. The second-order valence-corrected chi connectivity index (χ2v) is 6.41. The lowest BCUT2D eigenvalue weighted by Crippen LogP contribution is -2.34. The predicted octanol–water partition coefficient (Wildman–Crippen LogP) is 2.58. The monoisotopic (exact) mass is 309 g/mol. The van der Waals surface area contributed by atoms with E-state index in [0.717, 1.165) is 6.54 Å². The first-order valence-electron chi connectivity index (χ1n) is 7.24. The van der Waals surface area contributed by atoms with Gasteiger partial charge in [0.25, 0.3) is 0 Å². The van der Waals surface area contributed by atoms with Crippen LogP contribution in [-0.4, -0.2) is 50.9 Å². The fourth-order valence-electron chi connectivity index (χ4n) is 1.68. The van der Waals surface area contributed by atoms with Crippen molar-refractivity contribution in [2.24, 2.45) is 0 Å². The molecule has 0 aromatic heterocycles. The molecule has 0 aliphatic carbocycles. The van der Waals surface area contributed by atoms with Crippen molar-refractivity contribution in [1.82, 2.24) is 4.90 Å². The molecule has 0 fully saturated rings. The van der Waals surface area contributed by atoms with Gasteiger partial charge >= 0.3 is 6.09 Å². The Morgan fingerprint density at radius 2 is 1.86 bits per heavy atom. The molecule has 0 atom stereocenters. The molecule has 0 bridgehead atoms. The molecule has 1 aromatic rings. The van der Waals surface area contributed by atoms with Crippen molar-refractivity contribution in [3.8, 4) is 5.75 Å². The van der Waals surface area contributed by atoms with Crippen LogP contribution in [0.2, 0.25) is 0 Å². The summed E-state index contributed by atoms with van der Waals surface area (Å²) in [5.41, 5.74) is 6.46. The number of benzene rings is 1. The number of carbonyl (C=O) groups excluding carboxylic acids is 1. The molecule has 2 N–H and O–H groups in total. The van der Waals surface area contributed by atoms with Crippen molar-refractivity contribution >= 4 is 17.5 Å². The van der Waals surface area contributed by atoms with E-state index in [1.807, 2.05) is 39.8 Å². The molecule has 124 valence electrons. The van der Waals surface area contributed by atoms with Gasteiger partial charge in [0.1, 0.15) is 18.0 Å². The van der Waals surface area contributed by atoms with Gasteiger partial charge in [0.05, 0.1) is 11.4 Å². The molecule has 0 aliphatic rings. The molecule has 1 rings (SSSR count). The molecular formula is C16H27N3O3. The lowest BCUT2D eigenvalue weighted by Gasteiger charge is -2.25. The Labute approximate surface area is 132 Å². The summed E-state index contributed by atoms with van der Waals surface area (Å²) in [6, 6.07) is 5.26. The fourth-order valence-corrected chi connectivity index (χ4v) is 1.68. The number of anilines is 2. The standard InChI is InChI=1S/C16H27N3O3/c1-16(2,3)22-15(20)19(6)14-11-12(7-8-13(14)17)21-10-9-18(4)5/h7-8,11H,9-10,17H2,1-6H3. The number of rotatable bonds is 5. The third-order valence-corrected chi connectivity index (χ3v) is 2.84. The van der Waals surface area contributed by atoms with E-state index in [4.69, 9.17) is 15.2 Å². The SMILES string of the molecule is CN(C)CCOc1ccc(N)c(N(C)C(=O)OC(C)(C)C)c1. The van der Waals surface area contributed by atoms with Gasteiger partial charge in [-0.1, -0.05) is 0 Å². The summed E-state index contributed by atoms with van der Waals surface area (Å²) >= 11 is 0. The van der Waals surface area contributed by atoms with E-state index in [1.54, 1.807) is 25.2 Å².